The summed E-state index contributed by atoms with van der Waals surface area (Å²) >= 11 is 0. The van der Waals surface area contributed by atoms with Gasteiger partial charge < -0.3 is 16.4 Å². The molecule has 0 saturated carbocycles. The highest BCUT2D eigenvalue weighted by Crippen LogP contribution is 2.09. The van der Waals surface area contributed by atoms with Crippen molar-refractivity contribution in [1.29, 1.82) is 0 Å². The van der Waals surface area contributed by atoms with Crippen LogP contribution in [0.25, 0.3) is 0 Å². The molecule has 5 nitrogen and oxygen atoms in total. The van der Waals surface area contributed by atoms with Gasteiger partial charge >= 0.3 is 0 Å². The van der Waals surface area contributed by atoms with Gasteiger partial charge in [-0.15, -0.1) is 0 Å². The number of nitrogens with one attached hydrogen (secondary N) is 2. The molecule has 0 saturated heterocycles. The Morgan fingerprint density at radius 3 is 2.85 bits per heavy atom. The molecule has 0 bridgehead atoms. The van der Waals surface area contributed by atoms with Crippen LogP contribution in [0, 0.1) is 0 Å². The van der Waals surface area contributed by atoms with Crippen molar-refractivity contribution in [2.45, 2.75) is 19.8 Å². The minimum Gasteiger partial charge on any atom is -0.400 e. The van der Waals surface area contributed by atoms with E-state index in [1.54, 1.807) is 6.21 Å². The first-order valence-electron chi connectivity index (χ1n) is 6.60. The van der Waals surface area contributed by atoms with Crippen molar-refractivity contribution < 1.29 is 4.79 Å². The van der Waals surface area contributed by atoms with Crippen molar-refractivity contribution in [3.05, 3.63) is 48.0 Å². The largest absolute Gasteiger partial charge is 0.400 e. The summed E-state index contributed by atoms with van der Waals surface area (Å²) in [6.45, 7) is 10.4. The smallest absolute Gasteiger partial charge is 0.266 e. The fourth-order valence-electron chi connectivity index (χ4n) is 1.49. The van der Waals surface area contributed by atoms with E-state index in [4.69, 9.17) is 5.73 Å². The van der Waals surface area contributed by atoms with Crippen molar-refractivity contribution in [1.82, 2.24) is 10.6 Å². The van der Waals surface area contributed by atoms with Gasteiger partial charge in [0.25, 0.3) is 5.91 Å². The number of hydrogen-bond acceptors (Lipinski definition) is 4. The van der Waals surface area contributed by atoms with Crippen LogP contribution in [0.1, 0.15) is 19.8 Å². The number of allylic oxidation sites excluding steroid dienone is 3. The standard InChI is InChI=1S/C15H22N4O/c1-4-11(2)6-5-8-18-15(20)12(3)19-10-14-13(16)7-9-17-14/h5-6,9,19H,2-4,7-8,10,16H2,1H3,(H,18,20)/b6-5+. The van der Waals surface area contributed by atoms with Crippen LogP contribution in [0.4, 0.5) is 0 Å². The number of carbonyl (C=O) groups is 1. The van der Waals surface area contributed by atoms with Crippen LogP contribution < -0.4 is 16.4 Å². The Balaban J connectivity index is 2.28. The van der Waals surface area contributed by atoms with Gasteiger partial charge in [-0.1, -0.05) is 37.8 Å². The topological polar surface area (TPSA) is 79.5 Å². The fraction of sp³-hybridized carbons (Fsp3) is 0.333. The van der Waals surface area contributed by atoms with Crippen LogP contribution in [0.5, 0.6) is 0 Å². The quantitative estimate of drug-likeness (QED) is 0.462. The van der Waals surface area contributed by atoms with Crippen molar-refractivity contribution >= 4 is 12.1 Å². The summed E-state index contributed by atoms with van der Waals surface area (Å²) in [5.41, 5.74) is 8.57. The number of rotatable bonds is 8. The summed E-state index contributed by atoms with van der Waals surface area (Å²) in [6.07, 6.45) is 7.08. The highest BCUT2D eigenvalue weighted by molar-refractivity contribution is 5.92. The molecule has 0 spiro atoms. The van der Waals surface area contributed by atoms with Gasteiger partial charge in [0.05, 0.1) is 17.9 Å². The Kier molecular flexibility index (Phi) is 6.29. The van der Waals surface area contributed by atoms with E-state index >= 15 is 0 Å². The van der Waals surface area contributed by atoms with Crippen LogP contribution in [-0.2, 0) is 4.79 Å². The number of nitrogens with zero attached hydrogens (tertiary/aromatic N) is 1. The molecule has 0 fully saturated rings. The molecule has 4 N–H and O–H groups in total. The average Bonchev–Trinajstić information content (AvgIpc) is 2.85. The van der Waals surface area contributed by atoms with E-state index < -0.39 is 0 Å². The van der Waals surface area contributed by atoms with Gasteiger partial charge in [0, 0.05) is 24.9 Å². The number of carbonyl (C=O) groups excluding carboxylic acids is 1. The molecule has 0 aromatic carbocycles. The molecule has 5 heteroatoms. The second kappa shape index (κ2) is 7.99. The molecule has 1 aliphatic rings. The fourth-order valence-corrected chi connectivity index (χ4v) is 1.49. The third-order valence-corrected chi connectivity index (χ3v) is 2.86. The molecular weight excluding hydrogens is 252 g/mol. The van der Waals surface area contributed by atoms with E-state index in [2.05, 4.69) is 28.8 Å². The minimum absolute atomic E-state index is 0.238. The number of amides is 1. The van der Waals surface area contributed by atoms with Gasteiger partial charge in [-0.3, -0.25) is 9.79 Å². The van der Waals surface area contributed by atoms with Crippen LogP contribution in [0.15, 0.2) is 53.0 Å². The molecule has 0 unspecified atom stereocenters. The summed E-state index contributed by atoms with van der Waals surface area (Å²) < 4.78 is 0. The van der Waals surface area contributed by atoms with Gasteiger partial charge in [0.15, 0.2) is 0 Å². The Bertz CT molecular complexity index is 486. The van der Waals surface area contributed by atoms with Crippen molar-refractivity contribution in [2.75, 3.05) is 13.1 Å². The lowest BCUT2D eigenvalue weighted by Gasteiger charge is -2.09. The molecule has 20 heavy (non-hydrogen) atoms. The summed E-state index contributed by atoms with van der Waals surface area (Å²) in [7, 11) is 0. The van der Waals surface area contributed by atoms with Gasteiger partial charge in [0.1, 0.15) is 0 Å². The highest BCUT2D eigenvalue weighted by Gasteiger charge is 2.09. The Morgan fingerprint density at radius 1 is 1.50 bits per heavy atom. The third kappa shape index (κ3) is 5.14. The van der Waals surface area contributed by atoms with Crippen LogP contribution in [0.3, 0.4) is 0 Å². The molecule has 0 atom stereocenters. The number of hydrogen-bond donors (Lipinski definition) is 3. The zero-order chi connectivity index (χ0) is 15.0. The lowest BCUT2D eigenvalue weighted by atomic mass is 10.2. The van der Waals surface area contributed by atoms with E-state index in [-0.39, 0.29) is 5.91 Å². The maximum atomic E-state index is 11.7. The molecule has 0 aromatic rings. The van der Waals surface area contributed by atoms with Gasteiger partial charge in [-0.25, -0.2) is 0 Å². The zero-order valence-electron chi connectivity index (χ0n) is 11.9. The first-order valence-corrected chi connectivity index (χ1v) is 6.60. The van der Waals surface area contributed by atoms with E-state index in [1.165, 1.54) is 0 Å². The molecule has 1 rings (SSSR count). The first kappa shape index (κ1) is 15.8. The molecule has 1 amide bonds. The van der Waals surface area contributed by atoms with Crippen LogP contribution >= 0.6 is 0 Å². The lowest BCUT2D eigenvalue weighted by molar-refractivity contribution is -0.117. The van der Waals surface area contributed by atoms with Crippen LogP contribution in [-0.4, -0.2) is 25.2 Å². The summed E-state index contributed by atoms with van der Waals surface area (Å²) in [6, 6.07) is 0. The molecule has 0 aromatic heterocycles. The van der Waals surface area contributed by atoms with Gasteiger partial charge in [-0.2, -0.15) is 0 Å². The third-order valence-electron chi connectivity index (χ3n) is 2.86. The molecular formula is C15H22N4O. The van der Waals surface area contributed by atoms with Crippen molar-refractivity contribution in [2.24, 2.45) is 10.7 Å². The van der Waals surface area contributed by atoms with Crippen LogP contribution in [0.2, 0.25) is 0 Å². The van der Waals surface area contributed by atoms with E-state index in [1.807, 2.05) is 19.1 Å². The molecule has 0 aliphatic carbocycles. The van der Waals surface area contributed by atoms with Gasteiger partial charge in [0.2, 0.25) is 0 Å². The van der Waals surface area contributed by atoms with Crippen molar-refractivity contribution in [3.8, 4) is 0 Å². The van der Waals surface area contributed by atoms with Crippen molar-refractivity contribution in [3.63, 3.8) is 0 Å². The average molecular weight is 274 g/mol. The monoisotopic (exact) mass is 274 g/mol. The maximum absolute atomic E-state index is 11.7. The maximum Gasteiger partial charge on any atom is 0.266 e. The second-order valence-corrected chi connectivity index (χ2v) is 4.44. The molecule has 1 heterocycles. The lowest BCUT2D eigenvalue weighted by Crippen LogP contribution is -2.32. The van der Waals surface area contributed by atoms with E-state index in [0.29, 0.717) is 25.2 Å². The summed E-state index contributed by atoms with van der Waals surface area (Å²) in [5, 5.41) is 5.65. The molecule has 0 radical (unpaired) electrons. The zero-order valence-corrected chi connectivity index (χ0v) is 11.9. The normalized spacial score (nSPS) is 13.8. The SMILES string of the molecule is C=C(/C=C/CNC(=O)C(=C)NCC1=C(N)CC=N1)CC. The Morgan fingerprint density at radius 2 is 2.25 bits per heavy atom. The number of aliphatic imine (C=N–C) groups is 1. The predicted octanol–water partition coefficient (Wildman–Crippen LogP) is 1.37. The van der Waals surface area contributed by atoms with E-state index in [0.717, 1.165) is 23.4 Å². The first-order chi connectivity index (χ1) is 9.54. The van der Waals surface area contributed by atoms with Gasteiger partial charge in [-0.05, 0) is 6.42 Å². The second-order valence-electron chi connectivity index (χ2n) is 4.44. The summed E-state index contributed by atoms with van der Waals surface area (Å²) in [5.74, 6) is -0.238. The highest BCUT2D eigenvalue weighted by atomic mass is 16.2. The molecule has 1 aliphatic heterocycles. The van der Waals surface area contributed by atoms with E-state index in [9.17, 15) is 4.79 Å². The summed E-state index contributed by atoms with van der Waals surface area (Å²) in [4.78, 5) is 15.9. The Hall–Kier alpha value is -2.30. The predicted molar refractivity (Wildman–Crippen MR) is 83.0 cm³/mol. The molecule has 108 valence electrons. The number of nitrogens with two attached hydrogens (primary N) is 1. The Labute approximate surface area is 120 Å². The minimum atomic E-state index is -0.238.